The molecular weight excluding hydrogens is 360 g/mol. The van der Waals surface area contributed by atoms with Crippen molar-refractivity contribution in [2.24, 2.45) is 0 Å². The highest BCUT2D eigenvalue weighted by molar-refractivity contribution is 6.30. The van der Waals surface area contributed by atoms with E-state index in [0.29, 0.717) is 23.7 Å². The fraction of sp³-hybridized carbons (Fsp3) is 0.273. The van der Waals surface area contributed by atoms with Gasteiger partial charge in [-0.15, -0.1) is 0 Å². The second kappa shape index (κ2) is 7.57. The van der Waals surface area contributed by atoms with Crippen molar-refractivity contribution in [2.75, 3.05) is 6.61 Å². The zero-order valence-electron chi connectivity index (χ0n) is 15.3. The Morgan fingerprint density at radius 2 is 1.89 bits per heavy atom. The summed E-state index contributed by atoms with van der Waals surface area (Å²) < 4.78 is 9.96. The van der Waals surface area contributed by atoms with Crippen LogP contribution in [0, 0.1) is 0 Å². The maximum atomic E-state index is 12.7. The third-order valence-electron chi connectivity index (χ3n) is 4.94. The minimum absolute atomic E-state index is 0.0928. The van der Waals surface area contributed by atoms with E-state index in [-0.39, 0.29) is 5.78 Å². The number of aromatic nitrogens is 2. The molecule has 2 heterocycles. The number of rotatable bonds is 6. The molecule has 138 valence electrons. The Bertz CT molecular complexity index is 959. The Hall–Kier alpha value is -2.59. The first-order valence-corrected chi connectivity index (χ1v) is 9.67. The summed E-state index contributed by atoms with van der Waals surface area (Å²) in [6.07, 6.45) is 4.19. The van der Waals surface area contributed by atoms with Gasteiger partial charge in [-0.25, -0.2) is 9.13 Å². The molecule has 1 aliphatic heterocycles. The third kappa shape index (κ3) is 3.62. The first kappa shape index (κ1) is 17.8. The van der Waals surface area contributed by atoms with E-state index >= 15 is 0 Å². The molecule has 5 heteroatoms. The van der Waals surface area contributed by atoms with Crippen molar-refractivity contribution in [3.63, 3.8) is 0 Å². The van der Waals surface area contributed by atoms with E-state index in [0.717, 1.165) is 36.4 Å². The van der Waals surface area contributed by atoms with Gasteiger partial charge < -0.3 is 4.74 Å². The molecule has 4 nitrogen and oxygen atoms in total. The SMILES string of the molecule is CCOc1ccc(-c2c[n+](CC(=O)c3ccc(Cl)cc3)c3n2CCC3)cc1. The average Bonchev–Trinajstić information content (AvgIpc) is 3.27. The van der Waals surface area contributed by atoms with Crippen LogP contribution >= 0.6 is 11.6 Å². The average molecular weight is 382 g/mol. The van der Waals surface area contributed by atoms with Gasteiger partial charge >= 0.3 is 0 Å². The van der Waals surface area contributed by atoms with Crippen molar-refractivity contribution in [3.05, 3.63) is 71.1 Å². The summed E-state index contributed by atoms with van der Waals surface area (Å²) in [4.78, 5) is 12.7. The number of hydrogen-bond acceptors (Lipinski definition) is 2. The van der Waals surface area contributed by atoms with Gasteiger partial charge in [-0.1, -0.05) is 11.6 Å². The maximum absolute atomic E-state index is 12.7. The van der Waals surface area contributed by atoms with E-state index in [1.807, 2.05) is 19.1 Å². The summed E-state index contributed by atoms with van der Waals surface area (Å²) in [6.45, 7) is 3.97. The normalized spacial score (nSPS) is 12.8. The molecule has 3 aromatic rings. The highest BCUT2D eigenvalue weighted by atomic mass is 35.5. The van der Waals surface area contributed by atoms with Crippen LogP contribution in [-0.4, -0.2) is 17.0 Å². The molecule has 0 amide bonds. The molecular formula is C22H22ClN2O2+. The first-order chi connectivity index (χ1) is 13.2. The Morgan fingerprint density at radius 1 is 1.15 bits per heavy atom. The monoisotopic (exact) mass is 381 g/mol. The van der Waals surface area contributed by atoms with Gasteiger partial charge in [0.05, 0.1) is 19.6 Å². The van der Waals surface area contributed by atoms with Gasteiger partial charge in [-0.05, 0) is 61.9 Å². The van der Waals surface area contributed by atoms with Gasteiger partial charge in [0.25, 0.3) is 5.82 Å². The molecule has 0 aliphatic carbocycles. The van der Waals surface area contributed by atoms with Crippen molar-refractivity contribution in [3.8, 4) is 17.0 Å². The number of Topliss-reactive ketones (excluding diaryl/α,β-unsaturated/α-hetero) is 1. The van der Waals surface area contributed by atoms with E-state index in [4.69, 9.17) is 16.3 Å². The highest BCUT2D eigenvalue weighted by Gasteiger charge is 2.29. The predicted octanol–water partition coefficient (Wildman–Crippen LogP) is 4.32. The van der Waals surface area contributed by atoms with Crippen molar-refractivity contribution >= 4 is 17.4 Å². The molecule has 0 saturated heterocycles. The number of benzene rings is 2. The second-order valence-corrected chi connectivity index (χ2v) is 7.14. The lowest BCUT2D eigenvalue weighted by Gasteiger charge is -2.03. The largest absolute Gasteiger partial charge is 0.494 e. The molecule has 0 atom stereocenters. The van der Waals surface area contributed by atoms with Crippen molar-refractivity contribution < 1.29 is 14.1 Å². The molecule has 4 rings (SSSR count). The fourth-order valence-corrected chi connectivity index (χ4v) is 3.77. The van der Waals surface area contributed by atoms with Crippen LogP contribution in [0.1, 0.15) is 29.5 Å². The smallest absolute Gasteiger partial charge is 0.257 e. The lowest BCUT2D eigenvalue weighted by atomic mass is 10.1. The van der Waals surface area contributed by atoms with Crippen LogP contribution in [0.3, 0.4) is 0 Å². The lowest BCUT2D eigenvalue weighted by Crippen LogP contribution is -2.40. The standard InChI is InChI=1S/C22H22ClN2O2/c1-2-27-19-11-7-16(8-12-19)20-14-24(22-4-3-13-25(20)22)15-21(26)17-5-9-18(23)10-6-17/h5-12,14H,2-4,13,15H2,1H3/q+1. The molecule has 0 bridgehead atoms. The summed E-state index contributed by atoms with van der Waals surface area (Å²) >= 11 is 5.93. The third-order valence-corrected chi connectivity index (χ3v) is 5.19. The molecule has 0 unspecified atom stereocenters. The summed E-state index contributed by atoms with van der Waals surface area (Å²) in [5, 5.41) is 0.641. The number of ether oxygens (including phenoxy) is 1. The summed E-state index contributed by atoms with van der Waals surface area (Å²) in [6, 6.07) is 15.2. The zero-order valence-corrected chi connectivity index (χ0v) is 16.1. The second-order valence-electron chi connectivity index (χ2n) is 6.70. The van der Waals surface area contributed by atoms with Crippen LogP contribution in [0.2, 0.25) is 5.02 Å². The Kier molecular flexibility index (Phi) is 4.99. The maximum Gasteiger partial charge on any atom is 0.257 e. The van der Waals surface area contributed by atoms with Gasteiger partial charge in [-0.2, -0.15) is 0 Å². The predicted molar refractivity (Wildman–Crippen MR) is 105 cm³/mol. The number of fused-ring (bicyclic) bond motifs is 1. The quantitative estimate of drug-likeness (QED) is 0.470. The number of nitrogens with zero attached hydrogens (tertiary/aromatic N) is 2. The van der Waals surface area contributed by atoms with Crippen molar-refractivity contribution in [1.82, 2.24) is 4.57 Å². The minimum atomic E-state index is 0.0928. The topological polar surface area (TPSA) is 35.1 Å². The Balaban J connectivity index is 1.62. The van der Waals surface area contributed by atoms with Crippen LogP contribution in [0.25, 0.3) is 11.3 Å². The van der Waals surface area contributed by atoms with Crippen LogP contribution in [0.5, 0.6) is 5.75 Å². The zero-order chi connectivity index (χ0) is 18.8. The molecule has 1 aromatic heterocycles. The molecule has 0 radical (unpaired) electrons. The Morgan fingerprint density at radius 3 is 2.59 bits per heavy atom. The molecule has 27 heavy (non-hydrogen) atoms. The number of halogens is 1. The first-order valence-electron chi connectivity index (χ1n) is 9.29. The number of carbonyl (C=O) groups excluding carboxylic acids is 1. The van der Waals surface area contributed by atoms with Gasteiger partial charge in [0.15, 0.2) is 12.2 Å². The summed E-state index contributed by atoms with van der Waals surface area (Å²) in [7, 11) is 0. The van der Waals surface area contributed by atoms with Crippen molar-refractivity contribution in [2.45, 2.75) is 32.9 Å². The van der Waals surface area contributed by atoms with Gasteiger partial charge in [0.2, 0.25) is 5.78 Å². The molecule has 0 spiro atoms. The molecule has 0 N–H and O–H groups in total. The van der Waals surface area contributed by atoms with Crippen LogP contribution in [0.4, 0.5) is 0 Å². The fourth-order valence-electron chi connectivity index (χ4n) is 3.65. The van der Waals surface area contributed by atoms with Gasteiger partial charge in [0, 0.05) is 16.1 Å². The molecule has 1 aliphatic rings. The van der Waals surface area contributed by atoms with Crippen LogP contribution in [-0.2, 0) is 19.5 Å². The molecule has 0 saturated carbocycles. The molecule has 2 aromatic carbocycles. The van der Waals surface area contributed by atoms with Gasteiger partial charge in [0.1, 0.15) is 11.9 Å². The highest BCUT2D eigenvalue weighted by Crippen LogP contribution is 2.26. The van der Waals surface area contributed by atoms with E-state index in [9.17, 15) is 4.79 Å². The minimum Gasteiger partial charge on any atom is -0.494 e. The van der Waals surface area contributed by atoms with E-state index in [2.05, 4.69) is 27.5 Å². The van der Waals surface area contributed by atoms with E-state index < -0.39 is 0 Å². The van der Waals surface area contributed by atoms with Crippen molar-refractivity contribution in [1.29, 1.82) is 0 Å². The number of hydrogen-bond donors (Lipinski definition) is 0. The van der Waals surface area contributed by atoms with Gasteiger partial charge in [-0.3, -0.25) is 4.79 Å². The molecule has 0 fully saturated rings. The summed E-state index contributed by atoms with van der Waals surface area (Å²) in [5.74, 6) is 2.18. The number of imidazole rings is 1. The van der Waals surface area contributed by atoms with E-state index in [1.165, 1.54) is 5.82 Å². The summed E-state index contributed by atoms with van der Waals surface area (Å²) in [5.41, 5.74) is 2.97. The lowest BCUT2D eigenvalue weighted by molar-refractivity contribution is -0.689. The van der Waals surface area contributed by atoms with Crippen LogP contribution < -0.4 is 9.30 Å². The Labute approximate surface area is 164 Å². The van der Waals surface area contributed by atoms with E-state index in [1.54, 1.807) is 24.3 Å². The number of ketones is 1. The number of carbonyl (C=O) groups is 1. The van der Waals surface area contributed by atoms with Crippen LogP contribution in [0.15, 0.2) is 54.7 Å².